The molecule has 1 aliphatic heterocycles. The first-order valence-electron chi connectivity index (χ1n) is 8.71. The Labute approximate surface area is 146 Å². The predicted molar refractivity (Wildman–Crippen MR) is 93.1 cm³/mol. The molecule has 25 heavy (non-hydrogen) atoms. The lowest BCUT2D eigenvalue weighted by Crippen LogP contribution is -2.32. The van der Waals surface area contributed by atoms with E-state index in [2.05, 4.69) is 0 Å². The molecule has 2 aliphatic rings. The first kappa shape index (κ1) is 15.8. The number of rotatable bonds is 1. The predicted octanol–water partition coefficient (Wildman–Crippen LogP) is 3.01. The fraction of sp³-hybridized carbons (Fsp3) is 0.350. The van der Waals surface area contributed by atoms with E-state index in [-0.39, 0.29) is 17.4 Å². The summed E-state index contributed by atoms with van der Waals surface area (Å²) in [7, 11) is 0. The summed E-state index contributed by atoms with van der Waals surface area (Å²) in [5.74, 6) is 0.699. The van der Waals surface area contributed by atoms with E-state index in [0.717, 1.165) is 42.4 Å². The molecule has 1 aliphatic carbocycles. The summed E-state index contributed by atoms with van der Waals surface area (Å²) < 4.78 is 5.65. The van der Waals surface area contributed by atoms with Crippen molar-refractivity contribution in [3.63, 3.8) is 0 Å². The van der Waals surface area contributed by atoms with Crippen molar-refractivity contribution in [2.45, 2.75) is 32.2 Å². The van der Waals surface area contributed by atoms with Crippen LogP contribution < -0.4 is 4.74 Å². The van der Waals surface area contributed by atoms with Gasteiger partial charge in [0.15, 0.2) is 0 Å². The first-order valence-corrected chi connectivity index (χ1v) is 8.71. The maximum absolute atomic E-state index is 13.0. The van der Waals surface area contributed by atoms with E-state index < -0.39 is 0 Å². The zero-order valence-corrected chi connectivity index (χ0v) is 14.0. The van der Waals surface area contributed by atoms with Crippen LogP contribution in [0.2, 0.25) is 0 Å². The highest BCUT2D eigenvalue weighted by Gasteiger charge is 2.25. The fourth-order valence-electron chi connectivity index (χ4n) is 3.68. The number of hydrogen-bond acceptors (Lipinski definition) is 4. The van der Waals surface area contributed by atoms with Gasteiger partial charge in [0.1, 0.15) is 23.9 Å². The fourth-order valence-corrected chi connectivity index (χ4v) is 3.68. The minimum atomic E-state index is -0.185. The Morgan fingerprint density at radius 1 is 1.04 bits per heavy atom. The average molecular weight is 339 g/mol. The summed E-state index contributed by atoms with van der Waals surface area (Å²) in [6, 6.07) is 8.64. The van der Waals surface area contributed by atoms with Gasteiger partial charge < -0.3 is 19.8 Å². The summed E-state index contributed by atoms with van der Waals surface area (Å²) in [4.78, 5) is 14.7. The third-order valence-electron chi connectivity index (χ3n) is 5.05. The summed E-state index contributed by atoms with van der Waals surface area (Å²) in [5.41, 5.74) is 3.29. The van der Waals surface area contributed by atoms with Gasteiger partial charge in [0, 0.05) is 18.2 Å². The van der Waals surface area contributed by atoms with Crippen molar-refractivity contribution in [1.29, 1.82) is 0 Å². The van der Waals surface area contributed by atoms with Gasteiger partial charge in [-0.15, -0.1) is 0 Å². The molecule has 5 nitrogen and oxygen atoms in total. The van der Waals surface area contributed by atoms with Crippen LogP contribution in [-0.4, -0.2) is 34.2 Å². The van der Waals surface area contributed by atoms with Crippen LogP contribution in [0, 0.1) is 0 Å². The monoisotopic (exact) mass is 339 g/mol. The summed E-state index contributed by atoms with van der Waals surface area (Å²) in [5, 5.41) is 20.2. The van der Waals surface area contributed by atoms with Crippen molar-refractivity contribution in [3.05, 3.63) is 52.6 Å². The lowest BCUT2D eigenvalue weighted by atomic mass is 9.89. The normalized spacial score (nSPS) is 16.4. The maximum atomic E-state index is 13.0. The second-order valence-corrected chi connectivity index (χ2v) is 6.67. The van der Waals surface area contributed by atoms with Gasteiger partial charge >= 0.3 is 0 Å². The van der Waals surface area contributed by atoms with E-state index in [1.807, 2.05) is 6.07 Å². The molecule has 5 heteroatoms. The van der Waals surface area contributed by atoms with Crippen molar-refractivity contribution < 1.29 is 19.7 Å². The number of phenols is 2. The number of phenolic OH excluding ortho intramolecular Hbond substituents is 2. The number of benzene rings is 2. The Bertz CT molecular complexity index is 831. The van der Waals surface area contributed by atoms with E-state index in [9.17, 15) is 15.0 Å². The molecule has 2 aromatic rings. The number of aromatic hydroxyl groups is 2. The van der Waals surface area contributed by atoms with Gasteiger partial charge in [-0.25, -0.2) is 0 Å². The number of fused-ring (bicyclic) bond motifs is 2. The quantitative estimate of drug-likeness (QED) is 0.838. The minimum absolute atomic E-state index is 0.137. The van der Waals surface area contributed by atoms with Crippen LogP contribution in [0.3, 0.4) is 0 Å². The Hall–Kier alpha value is -2.69. The van der Waals surface area contributed by atoms with Gasteiger partial charge in [-0.05, 0) is 55.0 Å². The number of amides is 1. The van der Waals surface area contributed by atoms with Gasteiger partial charge in [0.05, 0.1) is 12.1 Å². The molecule has 0 spiro atoms. The zero-order chi connectivity index (χ0) is 17.4. The lowest BCUT2D eigenvalue weighted by molar-refractivity contribution is 0.0730. The van der Waals surface area contributed by atoms with Crippen LogP contribution in [0.15, 0.2) is 30.3 Å². The first-order chi connectivity index (χ1) is 12.1. The molecule has 0 radical (unpaired) electrons. The van der Waals surface area contributed by atoms with Gasteiger partial charge in [0.2, 0.25) is 0 Å². The lowest BCUT2D eigenvalue weighted by Gasteiger charge is -2.23. The molecule has 2 N–H and O–H groups in total. The van der Waals surface area contributed by atoms with Crippen LogP contribution in [0.25, 0.3) is 0 Å². The maximum Gasteiger partial charge on any atom is 0.258 e. The standard InChI is InChI=1S/C20H21NO4/c22-15-7-5-14-12-21(9-10-25-18(14)11-15)20(24)17-8-6-13-3-1-2-4-16(13)19(17)23/h5-8,11,22-23H,1-4,9-10,12H2. The van der Waals surface area contributed by atoms with Gasteiger partial charge in [-0.1, -0.05) is 6.07 Å². The molecule has 0 aromatic heterocycles. The Morgan fingerprint density at radius 2 is 1.84 bits per heavy atom. The van der Waals surface area contributed by atoms with E-state index in [0.29, 0.717) is 31.0 Å². The molecule has 2 aromatic carbocycles. The second kappa shape index (κ2) is 6.31. The van der Waals surface area contributed by atoms with Crippen molar-refractivity contribution in [2.24, 2.45) is 0 Å². The third kappa shape index (κ3) is 2.90. The molecule has 1 heterocycles. The second-order valence-electron chi connectivity index (χ2n) is 6.67. The number of carbonyl (C=O) groups is 1. The van der Waals surface area contributed by atoms with Crippen LogP contribution in [0.1, 0.15) is 39.9 Å². The molecule has 0 unspecified atom stereocenters. The summed E-state index contributed by atoms with van der Waals surface area (Å²) in [6.07, 6.45) is 3.97. The molecule has 1 amide bonds. The largest absolute Gasteiger partial charge is 0.508 e. The van der Waals surface area contributed by atoms with Crippen molar-refractivity contribution in [1.82, 2.24) is 4.90 Å². The summed E-state index contributed by atoms with van der Waals surface area (Å²) in [6.45, 7) is 1.18. The highest BCUT2D eigenvalue weighted by atomic mass is 16.5. The molecule has 130 valence electrons. The SMILES string of the molecule is O=C(c1ccc2c(c1O)CCCC2)N1CCOc2cc(O)ccc2C1. The third-order valence-corrected chi connectivity index (χ3v) is 5.05. The molecule has 0 saturated carbocycles. The number of nitrogens with zero attached hydrogens (tertiary/aromatic N) is 1. The molecule has 0 atom stereocenters. The summed E-state index contributed by atoms with van der Waals surface area (Å²) >= 11 is 0. The number of hydrogen-bond donors (Lipinski definition) is 2. The number of ether oxygens (including phenoxy) is 1. The van der Waals surface area contributed by atoms with Crippen LogP contribution >= 0.6 is 0 Å². The van der Waals surface area contributed by atoms with E-state index >= 15 is 0 Å². The number of aryl methyl sites for hydroxylation is 1. The highest BCUT2D eigenvalue weighted by Crippen LogP contribution is 2.34. The average Bonchev–Trinajstić information content (AvgIpc) is 2.84. The van der Waals surface area contributed by atoms with Gasteiger partial charge in [0.25, 0.3) is 5.91 Å². The Morgan fingerprint density at radius 3 is 2.72 bits per heavy atom. The molecular weight excluding hydrogens is 318 g/mol. The Kier molecular flexibility index (Phi) is 3.99. The van der Waals surface area contributed by atoms with Gasteiger partial charge in [-0.2, -0.15) is 0 Å². The smallest absolute Gasteiger partial charge is 0.258 e. The van der Waals surface area contributed by atoms with Crippen LogP contribution in [0.5, 0.6) is 17.2 Å². The van der Waals surface area contributed by atoms with Crippen molar-refractivity contribution in [2.75, 3.05) is 13.2 Å². The van der Waals surface area contributed by atoms with E-state index in [1.165, 1.54) is 0 Å². The molecule has 0 bridgehead atoms. The van der Waals surface area contributed by atoms with Crippen LogP contribution in [-0.2, 0) is 19.4 Å². The molecule has 0 fully saturated rings. The van der Waals surface area contributed by atoms with Crippen LogP contribution in [0.4, 0.5) is 0 Å². The van der Waals surface area contributed by atoms with Crippen molar-refractivity contribution >= 4 is 5.91 Å². The van der Waals surface area contributed by atoms with Crippen molar-refractivity contribution in [3.8, 4) is 17.2 Å². The minimum Gasteiger partial charge on any atom is -0.508 e. The highest BCUT2D eigenvalue weighted by molar-refractivity contribution is 5.97. The van der Waals surface area contributed by atoms with E-state index in [1.54, 1.807) is 29.2 Å². The molecular formula is C20H21NO4. The topological polar surface area (TPSA) is 70.0 Å². The zero-order valence-electron chi connectivity index (χ0n) is 14.0. The number of carbonyl (C=O) groups excluding carboxylic acids is 1. The van der Waals surface area contributed by atoms with Gasteiger partial charge in [-0.3, -0.25) is 4.79 Å². The molecule has 4 rings (SSSR count). The Balaban J connectivity index is 1.64. The van der Waals surface area contributed by atoms with E-state index in [4.69, 9.17) is 4.74 Å². The molecule has 0 saturated heterocycles.